The Morgan fingerprint density at radius 1 is 1.29 bits per heavy atom. The van der Waals surface area contributed by atoms with Crippen LogP contribution in [-0.4, -0.2) is 29.0 Å². The third-order valence-corrected chi connectivity index (χ3v) is 2.46. The summed E-state index contributed by atoms with van der Waals surface area (Å²) < 4.78 is 0. The van der Waals surface area contributed by atoms with Crippen molar-refractivity contribution in [2.24, 2.45) is 0 Å². The summed E-state index contributed by atoms with van der Waals surface area (Å²) in [6.07, 6.45) is 6.62. The van der Waals surface area contributed by atoms with Crippen LogP contribution in [0.2, 0.25) is 0 Å². The van der Waals surface area contributed by atoms with Crippen molar-refractivity contribution in [2.75, 3.05) is 13.1 Å². The number of carbonyl (C=O) groups excluding carboxylic acids is 1. The normalized spacial score (nSPS) is 16.3. The predicted molar refractivity (Wildman–Crippen MR) is 71.8 cm³/mol. The summed E-state index contributed by atoms with van der Waals surface area (Å²) in [5.41, 5.74) is 0.523. The Bertz CT molecular complexity index is 310. The van der Waals surface area contributed by atoms with E-state index in [0.717, 1.165) is 25.9 Å². The second-order valence-corrected chi connectivity index (χ2v) is 3.52. The molecular formula is C14H23NO2. The number of hydrogen-bond acceptors (Lipinski definition) is 2. The van der Waals surface area contributed by atoms with Gasteiger partial charge in [-0.3, -0.25) is 4.79 Å². The van der Waals surface area contributed by atoms with Crippen molar-refractivity contribution in [1.29, 1.82) is 0 Å². The van der Waals surface area contributed by atoms with Crippen LogP contribution in [0.25, 0.3) is 0 Å². The highest BCUT2D eigenvalue weighted by atomic mass is 16.3. The highest BCUT2D eigenvalue weighted by molar-refractivity contribution is 5.96. The van der Waals surface area contributed by atoms with Gasteiger partial charge < -0.3 is 10.0 Å². The second-order valence-electron chi connectivity index (χ2n) is 3.52. The molecule has 0 spiro atoms. The minimum absolute atomic E-state index is 0.0107. The number of rotatable bonds is 3. The topological polar surface area (TPSA) is 40.5 Å². The average molecular weight is 237 g/mol. The Balaban J connectivity index is 0.00000121. The molecule has 0 aliphatic carbocycles. The molecule has 0 atom stereocenters. The smallest absolute Gasteiger partial charge is 0.253 e. The molecule has 0 radical (unpaired) electrons. The van der Waals surface area contributed by atoms with Gasteiger partial charge in [-0.1, -0.05) is 26.5 Å². The number of carbonyl (C=O) groups is 1. The molecule has 0 bridgehead atoms. The highest BCUT2D eigenvalue weighted by Crippen LogP contribution is 2.13. The van der Waals surface area contributed by atoms with Gasteiger partial charge in [0, 0.05) is 18.7 Å². The third-order valence-electron chi connectivity index (χ3n) is 2.46. The molecule has 1 fully saturated rings. The van der Waals surface area contributed by atoms with Gasteiger partial charge in [-0.05, 0) is 31.9 Å². The standard InChI is InChI=1S/C12H17NO2.C2H6/c1-3-10(9-11(14)4-2)12(15)13-7-5-6-8-13;1-2/h3-4,9,14H,2,5-8H2,1H3;1-2H3/b10-3+,11-9+;. The lowest BCUT2D eigenvalue weighted by molar-refractivity contribution is -0.125. The maximum absolute atomic E-state index is 11.9. The Morgan fingerprint density at radius 3 is 2.24 bits per heavy atom. The minimum atomic E-state index is -0.0107. The van der Waals surface area contributed by atoms with Crippen LogP contribution in [0.4, 0.5) is 0 Å². The lowest BCUT2D eigenvalue weighted by Crippen LogP contribution is -2.28. The molecule has 0 saturated carbocycles. The number of hydrogen-bond donors (Lipinski definition) is 1. The molecule has 0 aromatic heterocycles. The van der Waals surface area contributed by atoms with Crippen molar-refractivity contribution in [3.8, 4) is 0 Å². The van der Waals surface area contributed by atoms with Crippen molar-refractivity contribution in [3.63, 3.8) is 0 Å². The van der Waals surface area contributed by atoms with E-state index in [-0.39, 0.29) is 11.7 Å². The largest absolute Gasteiger partial charge is 0.508 e. The van der Waals surface area contributed by atoms with E-state index >= 15 is 0 Å². The first kappa shape index (κ1) is 15.5. The van der Waals surface area contributed by atoms with Crippen molar-refractivity contribution in [1.82, 2.24) is 4.90 Å². The monoisotopic (exact) mass is 237 g/mol. The molecule has 3 nitrogen and oxygen atoms in total. The van der Waals surface area contributed by atoms with E-state index in [1.807, 2.05) is 18.7 Å². The van der Waals surface area contributed by atoms with Gasteiger partial charge in [0.05, 0.1) is 0 Å². The van der Waals surface area contributed by atoms with E-state index in [9.17, 15) is 9.90 Å². The molecule has 0 aromatic carbocycles. The van der Waals surface area contributed by atoms with E-state index in [0.29, 0.717) is 5.57 Å². The fourth-order valence-electron chi connectivity index (χ4n) is 1.59. The van der Waals surface area contributed by atoms with Crippen molar-refractivity contribution in [3.05, 3.63) is 36.1 Å². The maximum Gasteiger partial charge on any atom is 0.253 e. The number of likely N-dealkylation sites (tertiary alicyclic amines) is 1. The van der Waals surface area contributed by atoms with Gasteiger partial charge in [-0.15, -0.1) is 0 Å². The fourth-order valence-corrected chi connectivity index (χ4v) is 1.59. The Kier molecular flexibility index (Phi) is 7.85. The molecule has 1 aliphatic heterocycles. The van der Waals surface area contributed by atoms with E-state index < -0.39 is 0 Å². The molecule has 96 valence electrons. The van der Waals surface area contributed by atoms with Crippen LogP contribution < -0.4 is 0 Å². The average Bonchev–Trinajstić information content (AvgIpc) is 2.91. The van der Waals surface area contributed by atoms with Crippen LogP contribution in [0.1, 0.15) is 33.6 Å². The predicted octanol–water partition coefficient (Wildman–Crippen LogP) is 3.21. The van der Waals surface area contributed by atoms with E-state index in [1.165, 1.54) is 12.2 Å². The molecule has 0 unspecified atom stereocenters. The van der Waals surface area contributed by atoms with Crippen LogP contribution >= 0.6 is 0 Å². The number of aliphatic hydroxyl groups is 1. The highest BCUT2D eigenvalue weighted by Gasteiger charge is 2.19. The van der Waals surface area contributed by atoms with Crippen molar-refractivity contribution >= 4 is 5.91 Å². The van der Waals surface area contributed by atoms with Gasteiger partial charge in [0.25, 0.3) is 5.91 Å². The quantitative estimate of drug-likeness (QED) is 0.465. The Labute approximate surface area is 104 Å². The van der Waals surface area contributed by atoms with Crippen molar-refractivity contribution < 1.29 is 9.90 Å². The van der Waals surface area contributed by atoms with Gasteiger partial charge in [0.15, 0.2) is 0 Å². The Morgan fingerprint density at radius 2 is 1.82 bits per heavy atom. The molecule has 1 N–H and O–H groups in total. The third kappa shape index (κ3) is 4.89. The van der Waals surface area contributed by atoms with Gasteiger partial charge in [0.2, 0.25) is 0 Å². The summed E-state index contributed by atoms with van der Waals surface area (Å²) >= 11 is 0. The van der Waals surface area contributed by atoms with E-state index in [4.69, 9.17) is 0 Å². The first-order chi connectivity index (χ1) is 8.19. The number of amides is 1. The van der Waals surface area contributed by atoms with Crippen LogP contribution in [0, 0.1) is 0 Å². The summed E-state index contributed by atoms with van der Waals surface area (Å²) in [6.45, 7) is 10.9. The molecule has 17 heavy (non-hydrogen) atoms. The van der Waals surface area contributed by atoms with Gasteiger partial charge in [-0.25, -0.2) is 0 Å². The van der Waals surface area contributed by atoms with E-state index in [2.05, 4.69) is 6.58 Å². The number of allylic oxidation sites excluding steroid dienone is 2. The van der Waals surface area contributed by atoms with Crippen molar-refractivity contribution in [2.45, 2.75) is 33.6 Å². The zero-order valence-electron chi connectivity index (χ0n) is 11.1. The lowest BCUT2D eigenvalue weighted by Gasteiger charge is -2.15. The molecule has 1 heterocycles. The van der Waals surface area contributed by atoms with Gasteiger partial charge in [0.1, 0.15) is 5.76 Å². The minimum Gasteiger partial charge on any atom is -0.508 e. The Hall–Kier alpha value is -1.51. The molecule has 0 aromatic rings. The van der Waals surface area contributed by atoms with E-state index in [1.54, 1.807) is 13.0 Å². The lowest BCUT2D eigenvalue weighted by atomic mass is 10.2. The van der Waals surface area contributed by atoms with Gasteiger partial charge in [-0.2, -0.15) is 0 Å². The summed E-state index contributed by atoms with van der Waals surface area (Å²) in [6, 6.07) is 0. The SMILES string of the molecule is C=C/C(O)=C\C(=C/C)C(=O)N1CCCC1.CC. The summed E-state index contributed by atoms with van der Waals surface area (Å²) in [7, 11) is 0. The second kappa shape index (κ2) is 8.62. The first-order valence-corrected chi connectivity index (χ1v) is 6.17. The molecular weight excluding hydrogens is 214 g/mol. The summed E-state index contributed by atoms with van der Waals surface area (Å²) in [5.74, 6) is 0.0130. The van der Waals surface area contributed by atoms with Crippen LogP contribution in [-0.2, 0) is 4.79 Å². The molecule has 3 heteroatoms. The molecule has 1 rings (SSSR count). The number of aliphatic hydroxyl groups excluding tert-OH is 1. The first-order valence-electron chi connectivity index (χ1n) is 6.17. The maximum atomic E-state index is 11.9. The summed E-state index contributed by atoms with van der Waals surface area (Å²) in [4.78, 5) is 13.7. The number of nitrogens with zero attached hydrogens (tertiary/aromatic N) is 1. The van der Waals surface area contributed by atoms with Crippen LogP contribution in [0.5, 0.6) is 0 Å². The molecule has 1 aliphatic rings. The molecule has 1 saturated heterocycles. The fraction of sp³-hybridized carbons (Fsp3) is 0.500. The van der Waals surface area contributed by atoms with Crippen LogP contribution in [0.15, 0.2) is 36.1 Å². The zero-order valence-corrected chi connectivity index (χ0v) is 11.1. The summed E-state index contributed by atoms with van der Waals surface area (Å²) in [5, 5.41) is 9.28. The molecule has 1 amide bonds. The zero-order chi connectivity index (χ0) is 13.3. The van der Waals surface area contributed by atoms with Gasteiger partial charge >= 0.3 is 0 Å². The van der Waals surface area contributed by atoms with Crippen LogP contribution in [0.3, 0.4) is 0 Å².